The molecule has 1 aromatic rings. The van der Waals surface area contributed by atoms with Crippen molar-refractivity contribution in [3.05, 3.63) is 33.1 Å². The van der Waals surface area contributed by atoms with E-state index >= 15 is 0 Å². The molecule has 2 fully saturated rings. The van der Waals surface area contributed by atoms with Crippen LogP contribution in [0.2, 0.25) is 0 Å². The van der Waals surface area contributed by atoms with Gasteiger partial charge in [0.25, 0.3) is 5.56 Å². The second kappa shape index (κ2) is 20.7. The SMILES string of the molecule is CCCCCCCCCCCC(O)CC(=O)O[C@@H]1[C@@H](N)[C@@H](OP(=O)(O)OP(=O)(O)OC[C@H]2O[C@@H](n3ccc(=O)[nH]c3=O)[C@H](O)[C@@H]2O)O[C@H](CO)[C@H]1O. The van der Waals surface area contributed by atoms with Crippen LogP contribution in [0.4, 0.5) is 0 Å². The summed E-state index contributed by atoms with van der Waals surface area (Å²) in [6.45, 7) is 0.202. The zero-order chi connectivity index (χ0) is 38.6. The minimum Gasteiger partial charge on any atom is -0.458 e. The Kier molecular flexibility index (Phi) is 17.7. The number of esters is 1. The van der Waals surface area contributed by atoms with E-state index in [9.17, 15) is 58.8 Å². The Balaban J connectivity index is 1.51. The average Bonchev–Trinajstić information content (AvgIpc) is 3.34. The zero-order valence-electron chi connectivity index (χ0n) is 28.7. The molecule has 300 valence electrons. The summed E-state index contributed by atoms with van der Waals surface area (Å²) >= 11 is 0. The summed E-state index contributed by atoms with van der Waals surface area (Å²) in [5.41, 5.74) is 4.25. The van der Waals surface area contributed by atoms with Crippen LogP contribution >= 0.6 is 15.6 Å². The number of nitrogens with two attached hydrogens (primary N) is 1. The maximum atomic E-state index is 12.7. The van der Waals surface area contributed by atoms with Gasteiger partial charge in [-0.1, -0.05) is 64.7 Å². The van der Waals surface area contributed by atoms with Crippen molar-refractivity contribution in [3.8, 4) is 0 Å². The molecule has 3 unspecified atom stereocenters. The number of unbranched alkanes of at least 4 members (excludes halogenated alkanes) is 8. The Morgan fingerprint density at radius 2 is 1.60 bits per heavy atom. The summed E-state index contributed by atoms with van der Waals surface area (Å²) in [6.07, 6.45) is -4.54. The fourth-order valence-electron chi connectivity index (χ4n) is 5.71. The van der Waals surface area contributed by atoms with Gasteiger partial charge in [0, 0.05) is 12.3 Å². The summed E-state index contributed by atoms with van der Waals surface area (Å²) in [5, 5.41) is 51.2. The molecule has 0 radical (unpaired) electrons. The largest absolute Gasteiger partial charge is 0.483 e. The van der Waals surface area contributed by atoms with Gasteiger partial charge in [-0.25, -0.2) is 13.9 Å². The Bertz CT molecular complexity index is 1480. The number of H-pyrrole nitrogens is 1. The maximum Gasteiger partial charge on any atom is 0.483 e. The lowest BCUT2D eigenvalue weighted by Gasteiger charge is -2.42. The van der Waals surface area contributed by atoms with Crippen molar-refractivity contribution in [3.63, 3.8) is 0 Å². The third kappa shape index (κ3) is 13.4. The zero-order valence-corrected chi connectivity index (χ0v) is 30.4. The van der Waals surface area contributed by atoms with Crippen LogP contribution < -0.4 is 17.0 Å². The fourth-order valence-corrected chi connectivity index (χ4v) is 7.89. The van der Waals surface area contributed by atoms with Crippen molar-refractivity contribution in [2.75, 3.05) is 13.2 Å². The van der Waals surface area contributed by atoms with Crippen molar-refractivity contribution in [1.82, 2.24) is 9.55 Å². The number of aromatic nitrogens is 2. The number of nitrogens with one attached hydrogen (secondary N) is 1. The Morgan fingerprint density at radius 1 is 0.962 bits per heavy atom. The summed E-state index contributed by atoms with van der Waals surface area (Å²) < 4.78 is 55.5. The summed E-state index contributed by atoms with van der Waals surface area (Å²) in [5.74, 6) is -0.981. The first-order chi connectivity index (χ1) is 24.5. The molecule has 0 spiro atoms. The standard InChI is InChI=1S/C29H51N3O18P2/c1-2-3-4-5-6-7-8-9-10-11-17(34)14-21(36)48-26-22(30)28(47-18(15-33)24(26)38)49-52(43,44)50-51(41,42)45-16-19-23(37)25(39)27(46-19)32-13-12-20(35)31-29(32)40/h12-13,17-19,22-28,33-34,37-39H,2-11,14-16,30H2,1H3,(H,41,42)(H,43,44)(H,31,35,40)/t17?,18-,19-,22-,23-,24-,25-,26-,27-,28-/m1/s1. The number of nitrogens with zero attached hydrogens (tertiary/aromatic N) is 1. The highest BCUT2D eigenvalue weighted by Crippen LogP contribution is 2.61. The molecule has 0 aromatic carbocycles. The van der Waals surface area contributed by atoms with E-state index in [1.54, 1.807) is 0 Å². The van der Waals surface area contributed by atoms with Crippen molar-refractivity contribution in [1.29, 1.82) is 0 Å². The second-order valence-electron chi connectivity index (χ2n) is 12.7. The van der Waals surface area contributed by atoms with Gasteiger partial charge in [-0.3, -0.25) is 28.2 Å². The van der Waals surface area contributed by atoms with E-state index in [2.05, 4.69) is 15.8 Å². The second-order valence-corrected chi connectivity index (χ2v) is 15.7. The van der Waals surface area contributed by atoms with Crippen LogP contribution in [-0.2, 0) is 41.5 Å². The minimum atomic E-state index is -5.67. The molecule has 3 heterocycles. The number of hydrogen-bond donors (Lipinski definition) is 9. The average molecular weight is 792 g/mol. The molecule has 10 N–H and O–H groups in total. The van der Waals surface area contributed by atoms with E-state index in [1.807, 2.05) is 4.98 Å². The number of ether oxygens (including phenoxy) is 3. The lowest BCUT2D eigenvalue weighted by Crippen LogP contribution is -2.63. The number of aromatic amines is 1. The van der Waals surface area contributed by atoms with Crippen LogP contribution in [0.15, 0.2) is 21.9 Å². The Labute approximate surface area is 298 Å². The van der Waals surface area contributed by atoms with Crippen LogP contribution in [-0.4, -0.2) is 119 Å². The number of hydrogen-bond acceptors (Lipinski definition) is 17. The summed E-state index contributed by atoms with van der Waals surface area (Å²) in [6, 6.07) is -0.791. The molecule has 23 heteroatoms. The maximum absolute atomic E-state index is 12.7. The topological polar surface area (TPSA) is 329 Å². The number of phosphoric ester groups is 2. The van der Waals surface area contributed by atoms with Crippen molar-refractivity contribution in [2.24, 2.45) is 5.73 Å². The highest BCUT2D eigenvalue weighted by atomic mass is 31.3. The van der Waals surface area contributed by atoms with E-state index < -0.39 is 114 Å². The number of aliphatic hydroxyl groups is 5. The number of aliphatic hydroxyl groups excluding tert-OH is 5. The monoisotopic (exact) mass is 791 g/mol. The van der Waals surface area contributed by atoms with Gasteiger partial charge in [-0.05, 0) is 6.42 Å². The molecule has 0 bridgehead atoms. The number of rotatable bonds is 22. The van der Waals surface area contributed by atoms with Gasteiger partial charge in [-0.15, -0.1) is 0 Å². The van der Waals surface area contributed by atoms with E-state index in [0.29, 0.717) is 12.8 Å². The molecule has 52 heavy (non-hydrogen) atoms. The van der Waals surface area contributed by atoms with Crippen molar-refractivity contribution >= 4 is 21.6 Å². The van der Waals surface area contributed by atoms with Gasteiger partial charge in [-0.2, -0.15) is 4.31 Å². The summed E-state index contributed by atoms with van der Waals surface area (Å²) in [4.78, 5) is 58.3. The van der Waals surface area contributed by atoms with Crippen molar-refractivity contribution < 1.29 is 76.8 Å². The first-order valence-corrected chi connectivity index (χ1v) is 20.1. The molecule has 0 amide bonds. The van der Waals surface area contributed by atoms with Crippen LogP contribution in [0.5, 0.6) is 0 Å². The van der Waals surface area contributed by atoms with E-state index in [4.69, 9.17) is 24.5 Å². The third-order valence-corrected chi connectivity index (χ3v) is 11.1. The Morgan fingerprint density at radius 3 is 2.21 bits per heavy atom. The molecular formula is C29H51N3O18P2. The molecule has 1 aromatic heterocycles. The molecule has 0 saturated carbocycles. The normalized spacial score (nSPS) is 30.8. The number of phosphoric acid groups is 2. The molecule has 2 aliphatic heterocycles. The van der Waals surface area contributed by atoms with E-state index in [-0.39, 0.29) is 0 Å². The smallest absolute Gasteiger partial charge is 0.458 e. The van der Waals surface area contributed by atoms with Gasteiger partial charge < -0.3 is 55.3 Å². The first kappa shape index (κ1) is 44.5. The first-order valence-electron chi connectivity index (χ1n) is 17.1. The van der Waals surface area contributed by atoms with Crippen molar-refractivity contribution in [2.45, 2.75) is 139 Å². The molecule has 3 rings (SSSR count). The number of carbonyl (C=O) groups is 1. The molecular weight excluding hydrogens is 740 g/mol. The summed E-state index contributed by atoms with van der Waals surface area (Å²) in [7, 11) is -11.2. The minimum absolute atomic E-state index is 0.314. The molecule has 0 aliphatic carbocycles. The Hall–Kier alpha value is -1.91. The highest BCUT2D eigenvalue weighted by Gasteiger charge is 2.50. The van der Waals surface area contributed by atoms with Crippen LogP contribution in [0.3, 0.4) is 0 Å². The van der Waals surface area contributed by atoms with Gasteiger partial charge in [0.05, 0.1) is 31.8 Å². The quantitative estimate of drug-likeness (QED) is 0.0402. The number of carbonyl (C=O) groups excluding carboxylic acids is 1. The van der Waals surface area contributed by atoms with E-state index in [1.165, 1.54) is 25.7 Å². The van der Waals surface area contributed by atoms with Crippen LogP contribution in [0, 0.1) is 0 Å². The lowest BCUT2D eigenvalue weighted by molar-refractivity contribution is -0.249. The third-order valence-electron chi connectivity index (χ3n) is 8.52. The predicted octanol–water partition coefficient (Wildman–Crippen LogP) is -0.604. The highest BCUT2D eigenvalue weighted by molar-refractivity contribution is 7.61. The van der Waals surface area contributed by atoms with E-state index in [0.717, 1.165) is 42.5 Å². The van der Waals surface area contributed by atoms with Gasteiger partial charge in [0.1, 0.15) is 30.5 Å². The lowest BCUT2D eigenvalue weighted by atomic mass is 9.97. The molecule has 2 saturated heterocycles. The molecule has 2 aliphatic rings. The predicted molar refractivity (Wildman–Crippen MR) is 177 cm³/mol. The fraction of sp³-hybridized carbons (Fsp3) is 0.828. The molecule has 12 atom stereocenters. The van der Waals surface area contributed by atoms with Gasteiger partial charge in [0.2, 0.25) is 0 Å². The van der Waals surface area contributed by atoms with Gasteiger partial charge in [0.15, 0.2) is 18.6 Å². The molecule has 21 nitrogen and oxygen atoms in total. The van der Waals surface area contributed by atoms with Crippen LogP contribution in [0.25, 0.3) is 0 Å². The van der Waals surface area contributed by atoms with Gasteiger partial charge >= 0.3 is 27.3 Å². The van der Waals surface area contributed by atoms with Crippen LogP contribution in [0.1, 0.15) is 83.8 Å².